The first-order chi connectivity index (χ1) is 8.11. The standard InChI is InChI=1S/C12H14ClN3O/c1-3-8(2)15-11-10(13)6-14-16(12(11)17)7-9-4-5-9/h1,6,8-9,15H,4-5,7H2,2H3. The van der Waals surface area contributed by atoms with Crippen LogP contribution in [0, 0.1) is 18.3 Å². The molecule has 0 aliphatic heterocycles. The Bertz CT molecular complexity index is 513. The molecule has 0 spiro atoms. The molecule has 0 saturated heterocycles. The molecule has 1 atom stereocenters. The van der Waals surface area contributed by atoms with Gasteiger partial charge in [-0.3, -0.25) is 4.79 Å². The number of halogens is 1. The third kappa shape index (κ3) is 2.80. The van der Waals surface area contributed by atoms with Crippen LogP contribution in [-0.4, -0.2) is 15.8 Å². The molecule has 1 heterocycles. The fourth-order valence-corrected chi connectivity index (χ4v) is 1.71. The predicted octanol–water partition coefficient (Wildman–Crippen LogP) is 1.74. The first kappa shape index (κ1) is 12.0. The van der Waals surface area contributed by atoms with Gasteiger partial charge in [-0.2, -0.15) is 5.10 Å². The highest BCUT2D eigenvalue weighted by Crippen LogP contribution is 2.30. The maximum absolute atomic E-state index is 12.1. The van der Waals surface area contributed by atoms with E-state index in [1.54, 1.807) is 6.92 Å². The van der Waals surface area contributed by atoms with Crippen molar-refractivity contribution in [3.8, 4) is 12.3 Å². The van der Waals surface area contributed by atoms with Gasteiger partial charge in [0.2, 0.25) is 0 Å². The molecule has 0 aromatic carbocycles. The highest BCUT2D eigenvalue weighted by molar-refractivity contribution is 6.33. The third-order valence-corrected chi connectivity index (χ3v) is 3.02. The van der Waals surface area contributed by atoms with Crippen molar-refractivity contribution in [2.45, 2.75) is 32.4 Å². The van der Waals surface area contributed by atoms with Crippen molar-refractivity contribution < 1.29 is 0 Å². The average Bonchev–Trinajstić information content (AvgIpc) is 3.12. The van der Waals surface area contributed by atoms with Crippen LogP contribution in [0.5, 0.6) is 0 Å². The SMILES string of the molecule is C#CC(C)Nc1c(Cl)cnn(CC2CC2)c1=O. The summed E-state index contributed by atoms with van der Waals surface area (Å²) in [4.78, 5) is 12.1. The molecule has 0 amide bonds. The zero-order valence-corrected chi connectivity index (χ0v) is 10.4. The number of hydrogen-bond donors (Lipinski definition) is 1. The molecule has 1 fully saturated rings. The number of nitrogens with one attached hydrogen (secondary N) is 1. The Morgan fingerprint density at radius 2 is 2.47 bits per heavy atom. The minimum Gasteiger partial charge on any atom is -0.366 e. The largest absolute Gasteiger partial charge is 0.366 e. The summed E-state index contributed by atoms with van der Waals surface area (Å²) in [6.45, 7) is 2.45. The van der Waals surface area contributed by atoms with Crippen molar-refractivity contribution >= 4 is 17.3 Å². The minimum atomic E-state index is -0.239. The van der Waals surface area contributed by atoms with E-state index in [1.807, 2.05) is 0 Å². The average molecular weight is 252 g/mol. The summed E-state index contributed by atoms with van der Waals surface area (Å²) in [5.74, 6) is 3.08. The van der Waals surface area contributed by atoms with Gasteiger partial charge < -0.3 is 5.32 Å². The van der Waals surface area contributed by atoms with Crippen molar-refractivity contribution in [2.75, 3.05) is 5.32 Å². The Labute approximate surface area is 105 Å². The number of anilines is 1. The molecule has 0 bridgehead atoms. The van der Waals surface area contributed by atoms with Crippen molar-refractivity contribution in [1.29, 1.82) is 0 Å². The van der Waals surface area contributed by atoms with Crippen LogP contribution in [0.2, 0.25) is 5.02 Å². The number of aromatic nitrogens is 2. The van der Waals surface area contributed by atoms with Gasteiger partial charge in [-0.25, -0.2) is 4.68 Å². The first-order valence-electron chi connectivity index (χ1n) is 5.60. The Morgan fingerprint density at radius 3 is 3.06 bits per heavy atom. The molecule has 17 heavy (non-hydrogen) atoms. The molecule has 1 N–H and O–H groups in total. The summed E-state index contributed by atoms with van der Waals surface area (Å²) in [5.41, 5.74) is 0.138. The summed E-state index contributed by atoms with van der Waals surface area (Å²) < 4.78 is 1.45. The monoisotopic (exact) mass is 251 g/mol. The molecule has 1 aliphatic rings. The van der Waals surface area contributed by atoms with Crippen molar-refractivity contribution in [2.24, 2.45) is 5.92 Å². The van der Waals surface area contributed by atoms with Crippen molar-refractivity contribution in [3.05, 3.63) is 21.6 Å². The quantitative estimate of drug-likeness (QED) is 0.830. The number of nitrogens with zero attached hydrogens (tertiary/aromatic N) is 2. The molecule has 90 valence electrons. The smallest absolute Gasteiger partial charge is 0.291 e. The second-order valence-corrected chi connectivity index (χ2v) is 4.74. The highest BCUT2D eigenvalue weighted by atomic mass is 35.5. The van der Waals surface area contributed by atoms with Crippen LogP contribution < -0.4 is 10.9 Å². The van der Waals surface area contributed by atoms with Gasteiger partial charge in [0.05, 0.1) is 17.3 Å². The lowest BCUT2D eigenvalue weighted by molar-refractivity contribution is 0.534. The molecule has 4 nitrogen and oxygen atoms in total. The van der Waals surface area contributed by atoms with E-state index in [9.17, 15) is 4.79 Å². The Balaban J connectivity index is 2.29. The van der Waals surface area contributed by atoms with Gasteiger partial charge in [0.15, 0.2) is 0 Å². The molecular weight excluding hydrogens is 238 g/mol. The topological polar surface area (TPSA) is 46.9 Å². The summed E-state index contributed by atoms with van der Waals surface area (Å²) in [6, 6.07) is -0.239. The summed E-state index contributed by atoms with van der Waals surface area (Å²) in [7, 11) is 0. The van der Waals surface area contributed by atoms with E-state index in [2.05, 4.69) is 16.3 Å². The van der Waals surface area contributed by atoms with Crippen LogP contribution in [0.4, 0.5) is 5.69 Å². The number of hydrogen-bond acceptors (Lipinski definition) is 3. The van der Waals surface area contributed by atoms with Gasteiger partial charge in [0.1, 0.15) is 5.69 Å². The van der Waals surface area contributed by atoms with Gasteiger partial charge in [0.25, 0.3) is 5.56 Å². The van der Waals surface area contributed by atoms with E-state index in [-0.39, 0.29) is 11.6 Å². The fourth-order valence-electron chi connectivity index (χ4n) is 1.53. The van der Waals surface area contributed by atoms with Gasteiger partial charge >= 0.3 is 0 Å². The van der Waals surface area contributed by atoms with Crippen molar-refractivity contribution in [3.63, 3.8) is 0 Å². The zero-order chi connectivity index (χ0) is 12.4. The number of terminal acetylenes is 1. The van der Waals surface area contributed by atoms with Crippen LogP contribution in [0.1, 0.15) is 19.8 Å². The van der Waals surface area contributed by atoms with E-state index in [1.165, 1.54) is 23.7 Å². The zero-order valence-electron chi connectivity index (χ0n) is 9.61. The summed E-state index contributed by atoms with van der Waals surface area (Å²) in [5, 5.41) is 7.26. The summed E-state index contributed by atoms with van der Waals surface area (Å²) >= 11 is 5.95. The molecule has 1 aliphatic carbocycles. The van der Waals surface area contributed by atoms with Crippen molar-refractivity contribution in [1.82, 2.24) is 9.78 Å². The molecule has 1 saturated carbocycles. The molecule has 1 aromatic heterocycles. The Kier molecular flexibility index (Phi) is 3.39. The van der Waals surface area contributed by atoms with Crippen LogP contribution in [0.3, 0.4) is 0 Å². The molecule has 1 unspecified atom stereocenters. The lowest BCUT2D eigenvalue weighted by Crippen LogP contribution is -2.29. The third-order valence-electron chi connectivity index (χ3n) is 2.74. The normalized spacial score (nSPS) is 16.3. The van der Waals surface area contributed by atoms with Crippen LogP contribution in [-0.2, 0) is 6.54 Å². The van der Waals surface area contributed by atoms with E-state index in [0.29, 0.717) is 23.2 Å². The molecule has 5 heteroatoms. The van der Waals surface area contributed by atoms with E-state index < -0.39 is 0 Å². The molecule has 2 rings (SSSR count). The Hall–Kier alpha value is -1.47. The minimum absolute atomic E-state index is 0.202. The second-order valence-electron chi connectivity index (χ2n) is 4.33. The van der Waals surface area contributed by atoms with E-state index >= 15 is 0 Å². The van der Waals surface area contributed by atoms with Crippen LogP contribution in [0.15, 0.2) is 11.0 Å². The number of rotatable bonds is 4. The van der Waals surface area contributed by atoms with E-state index in [4.69, 9.17) is 18.0 Å². The lowest BCUT2D eigenvalue weighted by atomic mass is 10.3. The second kappa shape index (κ2) is 4.80. The Morgan fingerprint density at radius 1 is 1.76 bits per heavy atom. The van der Waals surface area contributed by atoms with Gasteiger partial charge in [-0.15, -0.1) is 6.42 Å². The lowest BCUT2D eigenvalue weighted by Gasteiger charge is -2.12. The van der Waals surface area contributed by atoms with Gasteiger partial charge in [-0.1, -0.05) is 17.5 Å². The van der Waals surface area contributed by atoms with Gasteiger partial charge in [-0.05, 0) is 25.7 Å². The van der Waals surface area contributed by atoms with E-state index in [0.717, 1.165) is 0 Å². The molecule has 1 aromatic rings. The summed E-state index contributed by atoms with van der Waals surface area (Å²) in [6.07, 6.45) is 9.09. The first-order valence-corrected chi connectivity index (χ1v) is 5.98. The fraction of sp³-hybridized carbons (Fsp3) is 0.500. The predicted molar refractivity (Wildman–Crippen MR) is 68.1 cm³/mol. The van der Waals surface area contributed by atoms with Crippen LogP contribution in [0.25, 0.3) is 0 Å². The highest BCUT2D eigenvalue weighted by Gasteiger charge is 2.23. The maximum atomic E-state index is 12.1. The molecular formula is C12H14ClN3O. The molecule has 0 radical (unpaired) electrons. The van der Waals surface area contributed by atoms with Gasteiger partial charge in [0, 0.05) is 6.54 Å². The van der Waals surface area contributed by atoms with Crippen LogP contribution >= 0.6 is 11.6 Å². The maximum Gasteiger partial charge on any atom is 0.291 e.